The van der Waals surface area contributed by atoms with Crippen LogP contribution in [0.2, 0.25) is 0 Å². The van der Waals surface area contributed by atoms with E-state index in [1.54, 1.807) is 24.3 Å². The Hall–Kier alpha value is -3.41. The first-order valence-electron chi connectivity index (χ1n) is 7.69. The zero-order valence-corrected chi connectivity index (χ0v) is 14.9. The van der Waals surface area contributed by atoms with E-state index in [1.165, 1.54) is 11.5 Å². The first-order chi connectivity index (χ1) is 12.8. The fourth-order valence-corrected chi connectivity index (χ4v) is 2.99. The molecule has 1 aromatic carbocycles. The highest BCUT2D eigenvalue weighted by molar-refractivity contribution is 7.87. The summed E-state index contributed by atoms with van der Waals surface area (Å²) in [5.74, 6) is -0.298. The largest absolute Gasteiger partial charge is 0.524 e. The molecule has 0 fully saturated rings. The van der Waals surface area contributed by atoms with E-state index in [4.69, 9.17) is 5.73 Å². The predicted octanol–water partition coefficient (Wildman–Crippen LogP) is 1.02. The van der Waals surface area contributed by atoms with Crippen LogP contribution in [0.3, 0.4) is 0 Å². The smallest absolute Gasteiger partial charge is 0.480 e. The minimum absolute atomic E-state index is 0.0125. The Bertz CT molecular complexity index is 1100. The van der Waals surface area contributed by atoms with E-state index in [-0.39, 0.29) is 30.1 Å². The maximum atomic E-state index is 12.2. The van der Waals surface area contributed by atoms with Crippen LogP contribution < -0.4 is 5.73 Å². The number of nitrogen functional groups attached to an aromatic ring is 1. The lowest BCUT2D eigenvalue weighted by Gasteiger charge is -2.07. The van der Waals surface area contributed by atoms with Gasteiger partial charge >= 0.3 is 16.3 Å². The highest BCUT2D eigenvalue weighted by Crippen LogP contribution is 2.25. The number of aromatic nitrogens is 4. The number of carbonyl (C=O) groups is 1. The van der Waals surface area contributed by atoms with Crippen molar-refractivity contribution in [1.29, 1.82) is 0 Å². The Morgan fingerprint density at radius 2 is 1.93 bits per heavy atom. The van der Waals surface area contributed by atoms with E-state index in [0.717, 1.165) is 5.56 Å². The third-order valence-electron chi connectivity index (χ3n) is 3.43. The molecular formula is C15H15N5O6S. The van der Waals surface area contributed by atoms with Crippen LogP contribution in [-0.4, -0.2) is 45.8 Å². The summed E-state index contributed by atoms with van der Waals surface area (Å²) in [7, 11) is -4.68. The first-order valence-corrected chi connectivity index (χ1v) is 9.10. The molecule has 0 atom stereocenters. The van der Waals surface area contributed by atoms with Gasteiger partial charge in [-0.15, -0.1) is 0 Å². The number of ether oxygens (including phenoxy) is 1. The summed E-state index contributed by atoms with van der Waals surface area (Å²) in [6, 6.07) is 8.62. The Morgan fingerprint density at radius 1 is 1.22 bits per heavy atom. The standard InChI is InChI=1S/C15H15N5O6S/c1-2-25-15(22)26-27(23,24)13-18-11(16)10-12(19-13)20(14(21)17-10)8-9-6-4-3-5-7-9/h3-7H,2,8H2,1H3,(H,17,21)(H2,16,18,19). The maximum Gasteiger partial charge on any atom is 0.524 e. The number of nitrogens with two attached hydrogens (primary N) is 1. The summed E-state index contributed by atoms with van der Waals surface area (Å²) in [4.78, 5) is 22.7. The zero-order valence-electron chi connectivity index (χ0n) is 14.1. The van der Waals surface area contributed by atoms with Crippen LogP contribution in [0, 0.1) is 0 Å². The number of hydrogen-bond acceptors (Lipinski definition) is 10. The molecule has 0 aliphatic carbocycles. The Morgan fingerprint density at radius 3 is 2.59 bits per heavy atom. The Kier molecular flexibility index (Phi) is 4.81. The second kappa shape index (κ2) is 7.07. The van der Waals surface area contributed by atoms with Crippen molar-refractivity contribution in [1.82, 2.24) is 19.5 Å². The molecule has 0 spiro atoms. The number of fused-ring (bicyclic) bond motifs is 1. The lowest BCUT2D eigenvalue weighted by atomic mass is 10.2. The Balaban J connectivity index is 2.07. The van der Waals surface area contributed by atoms with Gasteiger partial charge in [-0.25, -0.2) is 4.79 Å². The highest BCUT2D eigenvalue weighted by Gasteiger charge is 2.28. The van der Waals surface area contributed by atoms with Crippen LogP contribution in [0.5, 0.6) is 6.01 Å². The SMILES string of the molecule is CCOC(=O)OS(=O)(=O)c1nc(N)c2nc(O)n(Cc3ccccc3)c2n1. The van der Waals surface area contributed by atoms with Crippen molar-refractivity contribution in [3.8, 4) is 6.01 Å². The molecule has 0 radical (unpaired) electrons. The molecular weight excluding hydrogens is 378 g/mol. The molecule has 2 heterocycles. The first kappa shape index (κ1) is 18.4. The Labute approximate surface area is 153 Å². The predicted molar refractivity (Wildman–Crippen MR) is 92.2 cm³/mol. The van der Waals surface area contributed by atoms with E-state index in [2.05, 4.69) is 23.9 Å². The van der Waals surface area contributed by atoms with Crippen molar-refractivity contribution in [2.75, 3.05) is 12.3 Å². The van der Waals surface area contributed by atoms with Crippen molar-refractivity contribution < 1.29 is 27.2 Å². The number of anilines is 1. The third kappa shape index (κ3) is 3.74. The fourth-order valence-electron chi connectivity index (χ4n) is 2.28. The zero-order chi connectivity index (χ0) is 19.6. The molecule has 11 nitrogen and oxygen atoms in total. The molecule has 3 N–H and O–H groups in total. The number of aromatic hydroxyl groups is 1. The monoisotopic (exact) mass is 393 g/mol. The van der Waals surface area contributed by atoms with Gasteiger partial charge in [0, 0.05) is 0 Å². The summed E-state index contributed by atoms with van der Waals surface area (Å²) in [5.41, 5.74) is 6.53. The lowest BCUT2D eigenvalue weighted by Crippen LogP contribution is -2.18. The quantitative estimate of drug-likeness (QED) is 0.364. The van der Waals surface area contributed by atoms with Crippen LogP contribution in [0.1, 0.15) is 12.5 Å². The van der Waals surface area contributed by atoms with Crippen LogP contribution in [0.15, 0.2) is 35.5 Å². The second-order valence-electron chi connectivity index (χ2n) is 5.27. The molecule has 0 saturated heterocycles. The lowest BCUT2D eigenvalue weighted by molar-refractivity contribution is 0.106. The van der Waals surface area contributed by atoms with E-state index >= 15 is 0 Å². The van der Waals surface area contributed by atoms with Gasteiger partial charge in [-0.2, -0.15) is 23.4 Å². The molecule has 12 heteroatoms. The third-order valence-corrected chi connectivity index (χ3v) is 4.41. The molecule has 2 aromatic heterocycles. The number of rotatable bonds is 5. The number of hydrogen-bond donors (Lipinski definition) is 2. The van der Waals surface area contributed by atoms with Gasteiger partial charge in [0.25, 0.3) is 11.2 Å². The fraction of sp³-hybridized carbons (Fsp3) is 0.200. The van der Waals surface area contributed by atoms with Crippen molar-refractivity contribution in [2.45, 2.75) is 18.6 Å². The minimum atomic E-state index is -4.68. The molecule has 142 valence electrons. The number of carbonyl (C=O) groups excluding carboxylic acids is 1. The van der Waals surface area contributed by atoms with Gasteiger partial charge in [0.05, 0.1) is 13.2 Å². The number of imidazole rings is 1. The summed E-state index contributed by atoms with van der Waals surface area (Å²) in [5, 5.41) is 9.25. The summed E-state index contributed by atoms with van der Waals surface area (Å²) >= 11 is 0. The molecule has 0 amide bonds. The van der Waals surface area contributed by atoms with Crippen molar-refractivity contribution in [3.05, 3.63) is 35.9 Å². The van der Waals surface area contributed by atoms with Crippen LogP contribution >= 0.6 is 0 Å². The topological polar surface area (TPSA) is 160 Å². The molecule has 0 unspecified atom stereocenters. The molecule has 27 heavy (non-hydrogen) atoms. The van der Waals surface area contributed by atoms with Gasteiger partial charge < -0.3 is 19.8 Å². The number of benzene rings is 1. The summed E-state index contributed by atoms with van der Waals surface area (Å²) < 4.78 is 34.4. The molecule has 0 bridgehead atoms. The van der Waals surface area contributed by atoms with Gasteiger partial charge in [-0.3, -0.25) is 4.57 Å². The molecule has 3 aromatic rings. The van der Waals surface area contributed by atoms with Gasteiger partial charge in [0.15, 0.2) is 17.0 Å². The average Bonchev–Trinajstić information content (AvgIpc) is 2.92. The molecule has 0 aliphatic heterocycles. The summed E-state index contributed by atoms with van der Waals surface area (Å²) in [6.45, 7) is 1.56. The van der Waals surface area contributed by atoms with E-state index in [9.17, 15) is 18.3 Å². The van der Waals surface area contributed by atoms with Crippen LogP contribution in [-0.2, 0) is 25.6 Å². The van der Waals surface area contributed by atoms with Crippen molar-refractivity contribution in [2.24, 2.45) is 0 Å². The minimum Gasteiger partial charge on any atom is -0.480 e. The molecule has 0 aliphatic rings. The van der Waals surface area contributed by atoms with Gasteiger partial charge in [0.1, 0.15) is 0 Å². The maximum absolute atomic E-state index is 12.2. The second-order valence-corrected chi connectivity index (χ2v) is 6.71. The van der Waals surface area contributed by atoms with Gasteiger partial charge in [-0.1, -0.05) is 30.3 Å². The van der Waals surface area contributed by atoms with Crippen molar-refractivity contribution in [3.63, 3.8) is 0 Å². The van der Waals surface area contributed by atoms with Gasteiger partial charge in [0.2, 0.25) is 0 Å². The van der Waals surface area contributed by atoms with E-state index in [1.807, 2.05) is 6.07 Å². The van der Waals surface area contributed by atoms with Gasteiger partial charge in [-0.05, 0) is 12.5 Å². The van der Waals surface area contributed by atoms with Crippen LogP contribution in [0.4, 0.5) is 10.6 Å². The van der Waals surface area contributed by atoms with E-state index < -0.39 is 27.4 Å². The van der Waals surface area contributed by atoms with E-state index in [0.29, 0.717) is 0 Å². The average molecular weight is 393 g/mol. The molecule has 3 rings (SSSR count). The number of nitrogens with zero attached hydrogens (tertiary/aromatic N) is 4. The van der Waals surface area contributed by atoms with Crippen molar-refractivity contribution >= 4 is 33.3 Å². The normalized spacial score (nSPS) is 11.4. The summed E-state index contributed by atoms with van der Waals surface area (Å²) in [6.07, 6.45) is -1.42. The van der Waals surface area contributed by atoms with Crippen LogP contribution in [0.25, 0.3) is 11.2 Å². The molecule has 0 saturated carbocycles. The highest BCUT2D eigenvalue weighted by atomic mass is 32.2.